The highest BCUT2D eigenvalue weighted by atomic mass is 19.1. The first kappa shape index (κ1) is 21.4. The average Bonchev–Trinajstić information content (AvgIpc) is 2.85. The van der Waals surface area contributed by atoms with Gasteiger partial charge in [0.25, 0.3) is 5.91 Å². The SMILES string of the molecule is N/C(=N\O)c1c(NC(=O)c2cccc(N3CCCCC3)c2)ccc(-c2ccccc2)c1F. The molecule has 32 heavy (non-hydrogen) atoms. The highest BCUT2D eigenvalue weighted by Gasteiger charge is 2.21. The second kappa shape index (κ2) is 9.51. The van der Waals surface area contributed by atoms with Gasteiger partial charge < -0.3 is 21.2 Å². The second-order valence-electron chi connectivity index (χ2n) is 7.75. The molecule has 3 aromatic rings. The number of amides is 1. The Kier molecular flexibility index (Phi) is 6.35. The molecule has 1 heterocycles. The number of halogens is 1. The summed E-state index contributed by atoms with van der Waals surface area (Å²) < 4.78 is 15.4. The van der Waals surface area contributed by atoms with Crippen molar-refractivity contribution in [3.8, 4) is 11.1 Å². The number of amidine groups is 1. The van der Waals surface area contributed by atoms with Crippen LogP contribution in [0.15, 0.2) is 71.9 Å². The maximum atomic E-state index is 15.4. The van der Waals surface area contributed by atoms with Crippen LogP contribution < -0.4 is 16.0 Å². The Hall–Kier alpha value is -3.87. The number of benzene rings is 3. The van der Waals surface area contributed by atoms with Gasteiger partial charge in [-0.05, 0) is 55.2 Å². The maximum absolute atomic E-state index is 15.4. The zero-order valence-electron chi connectivity index (χ0n) is 17.6. The fraction of sp³-hybridized carbons (Fsp3) is 0.200. The van der Waals surface area contributed by atoms with E-state index in [1.54, 1.807) is 42.5 Å². The van der Waals surface area contributed by atoms with Crippen LogP contribution in [-0.4, -0.2) is 30.0 Å². The number of nitrogens with one attached hydrogen (secondary N) is 1. The van der Waals surface area contributed by atoms with Crippen molar-refractivity contribution < 1.29 is 14.4 Å². The molecule has 0 atom stereocenters. The molecule has 6 nitrogen and oxygen atoms in total. The summed E-state index contributed by atoms with van der Waals surface area (Å²) in [6, 6.07) is 19.4. The first-order valence-corrected chi connectivity index (χ1v) is 10.6. The zero-order chi connectivity index (χ0) is 22.5. The normalized spacial score (nSPS) is 14.3. The van der Waals surface area contributed by atoms with Crippen LogP contribution in [0.4, 0.5) is 15.8 Å². The predicted octanol–water partition coefficient (Wildman–Crippen LogP) is 4.83. The van der Waals surface area contributed by atoms with E-state index in [-0.39, 0.29) is 16.8 Å². The molecule has 4 N–H and O–H groups in total. The molecule has 0 spiro atoms. The van der Waals surface area contributed by atoms with Crippen molar-refractivity contribution in [2.75, 3.05) is 23.3 Å². The molecule has 1 aliphatic rings. The van der Waals surface area contributed by atoms with Gasteiger partial charge in [-0.2, -0.15) is 0 Å². The van der Waals surface area contributed by atoms with E-state index < -0.39 is 17.6 Å². The van der Waals surface area contributed by atoms with Crippen LogP contribution in [-0.2, 0) is 0 Å². The van der Waals surface area contributed by atoms with Gasteiger partial charge in [-0.25, -0.2) is 4.39 Å². The quantitative estimate of drug-likeness (QED) is 0.233. The molecule has 4 rings (SSSR count). The number of piperidine rings is 1. The van der Waals surface area contributed by atoms with Crippen molar-refractivity contribution in [1.29, 1.82) is 0 Å². The zero-order valence-corrected chi connectivity index (χ0v) is 17.6. The first-order valence-electron chi connectivity index (χ1n) is 10.6. The van der Waals surface area contributed by atoms with E-state index in [0.29, 0.717) is 11.1 Å². The lowest BCUT2D eigenvalue weighted by Gasteiger charge is -2.29. The molecule has 0 saturated carbocycles. The van der Waals surface area contributed by atoms with Crippen molar-refractivity contribution >= 4 is 23.1 Å². The Morgan fingerprint density at radius 1 is 1.00 bits per heavy atom. The number of nitrogens with zero attached hydrogens (tertiary/aromatic N) is 2. The lowest BCUT2D eigenvalue weighted by Crippen LogP contribution is -2.29. The maximum Gasteiger partial charge on any atom is 0.255 e. The standard InChI is InChI=1S/C25H25FN4O2/c26-23-20(17-8-3-1-4-9-17)12-13-21(22(23)24(27)29-32)28-25(31)18-10-7-11-19(16-18)30-14-5-2-6-15-30/h1,3-4,7-13,16,32H,2,5-6,14-15H2,(H2,27,29)(H,28,31). The lowest BCUT2D eigenvalue weighted by atomic mass is 10.00. The number of anilines is 2. The minimum Gasteiger partial charge on any atom is -0.409 e. The monoisotopic (exact) mass is 432 g/mol. The Balaban J connectivity index is 1.65. The van der Waals surface area contributed by atoms with Crippen LogP contribution in [0.3, 0.4) is 0 Å². The van der Waals surface area contributed by atoms with E-state index in [0.717, 1.165) is 31.6 Å². The van der Waals surface area contributed by atoms with Gasteiger partial charge in [-0.1, -0.05) is 41.6 Å². The number of nitrogens with two attached hydrogens (primary N) is 1. The number of hydrogen-bond acceptors (Lipinski definition) is 4. The summed E-state index contributed by atoms with van der Waals surface area (Å²) in [5.41, 5.74) is 8.12. The third-order valence-electron chi connectivity index (χ3n) is 5.67. The topological polar surface area (TPSA) is 91.0 Å². The molecule has 1 saturated heterocycles. The summed E-state index contributed by atoms with van der Waals surface area (Å²) in [6.07, 6.45) is 3.48. The molecule has 7 heteroatoms. The van der Waals surface area contributed by atoms with Gasteiger partial charge in [-0.3, -0.25) is 4.79 Å². The number of carbonyl (C=O) groups excluding carboxylic acids is 1. The molecular weight excluding hydrogens is 407 g/mol. The number of oxime groups is 1. The molecule has 3 aromatic carbocycles. The first-order chi connectivity index (χ1) is 15.6. The smallest absolute Gasteiger partial charge is 0.255 e. The third kappa shape index (κ3) is 4.42. The fourth-order valence-corrected chi connectivity index (χ4v) is 4.01. The molecule has 1 aliphatic heterocycles. The number of hydrogen-bond donors (Lipinski definition) is 3. The molecule has 0 unspecified atom stereocenters. The number of rotatable bonds is 5. The van der Waals surface area contributed by atoms with E-state index in [4.69, 9.17) is 5.73 Å². The van der Waals surface area contributed by atoms with E-state index in [9.17, 15) is 10.0 Å². The molecule has 0 bridgehead atoms. The van der Waals surface area contributed by atoms with Gasteiger partial charge in [0.05, 0.1) is 11.3 Å². The van der Waals surface area contributed by atoms with Gasteiger partial charge in [-0.15, -0.1) is 0 Å². The van der Waals surface area contributed by atoms with Crippen molar-refractivity contribution in [3.63, 3.8) is 0 Å². The molecule has 0 radical (unpaired) electrons. The Labute approximate surface area is 186 Å². The van der Waals surface area contributed by atoms with Gasteiger partial charge in [0, 0.05) is 29.9 Å². The summed E-state index contributed by atoms with van der Waals surface area (Å²) in [5, 5.41) is 14.9. The molecule has 164 valence electrons. The van der Waals surface area contributed by atoms with Crippen LogP contribution in [0.25, 0.3) is 11.1 Å². The van der Waals surface area contributed by atoms with Crippen molar-refractivity contribution in [3.05, 3.63) is 83.7 Å². The van der Waals surface area contributed by atoms with Crippen LogP contribution in [0.2, 0.25) is 0 Å². The third-order valence-corrected chi connectivity index (χ3v) is 5.67. The summed E-state index contributed by atoms with van der Waals surface area (Å²) in [6.45, 7) is 1.93. The summed E-state index contributed by atoms with van der Waals surface area (Å²) in [5.74, 6) is -1.49. The Morgan fingerprint density at radius 3 is 2.47 bits per heavy atom. The van der Waals surface area contributed by atoms with Gasteiger partial charge in [0.1, 0.15) is 5.82 Å². The minimum absolute atomic E-state index is 0.130. The van der Waals surface area contributed by atoms with E-state index in [1.165, 1.54) is 6.42 Å². The lowest BCUT2D eigenvalue weighted by molar-refractivity contribution is 0.102. The van der Waals surface area contributed by atoms with Gasteiger partial charge >= 0.3 is 0 Å². The van der Waals surface area contributed by atoms with Crippen LogP contribution in [0.1, 0.15) is 35.2 Å². The van der Waals surface area contributed by atoms with Crippen LogP contribution >= 0.6 is 0 Å². The molecular formula is C25H25FN4O2. The summed E-state index contributed by atoms with van der Waals surface area (Å²) in [4.78, 5) is 15.2. The number of carbonyl (C=O) groups is 1. The highest BCUT2D eigenvalue weighted by molar-refractivity contribution is 6.10. The molecule has 1 fully saturated rings. The average molecular weight is 432 g/mol. The summed E-state index contributed by atoms with van der Waals surface area (Å²) in [7, 11) is 0. The predicted molar refractivity (Wildman–Crippen MR) is 125 cm³/mol. The fourth-order valence-electron chi connectivity index (χ4n) is 4.01. The van der Waals surface area contributed by atoms with Crippen LogP contribution in [0, 0.1) is 5.82 Å². The van der Waals surface area contributed by atoms with E-state index >= 15 is 4.39 Å². The van der Waals surface area contributed by atoms with Gasteiger partial charge in [0.15, 0.2) is 5.84 Å². The van der Waals surface area contributed by atoms with E-state index in [2.05, 4.69) is 15.4 Å². The highest BCUT2D eigenvalue weighted by Crippen LogP contribution is 2.30. The van der Waals surface area contributed by atoms with Crippen molar-refractivity contribution in [2.24, 2.45) is 10.9 Å². The molecule has 0 aliphatic carbocycles. The molecule has 0 aromatic heterocycles. The summed E-state index contributed by atoms with van der Waals surface area (Å²) >= 11 is 0. The van der Waals surface area contributed by atoms with Crippen LogP contribution in [0.5, 0.6) is 0 Å². The van der Waals surface area contributed by atoms with E-state index in [1.807, 2.05) is 24.3 Å². The minimum atomic E-state index is -0.675. The Morgan fingerprint density at radius 2 is 1.75 bits per heavy atom. The second-order valence-corrected chi connectivity index (χ2v) is 7.75. The van der Waals surface area contributed by atoms with Gasteiger partial charge in [0.2, 0.25) is 0 Å². The Bertz CT molecular complexity index is 1140. The molecule has 1 amide bonds. The van der Waals surface area contributed by atoms with Crippen molar-refractivity contribution in [1.82, 2.24) is 0 Å². The van der Waals surface area contributed by atoms with Crippen molar-refractivity contribution in [2.45, 2.75) is 19.3 Å². The largest absolute Gasteiger partial charge is 0.409 e.